The summed E-state index contributed by atoms with van der Waals surface area (Å²) in [5, 5.41) is 49.6. The van der Waals surface area contributed by atoms with E-state index in [9.17, 15) is 20.4 Å². The molecule has 1 aliphatic rings. The zero-order valence-electron chi connectivity index (χ0n) is 30.7. The van der Waals surface area contributed by atoms with Crippen LogP contribution in [-0.2, 0) is 40.1 Å². The smallest absolute Gasteiger partial charge is 0.317 e. The van der Waals surface area contributed by atoms with Gasteiger partial charge in [0.05, 0.1) is 33.0 Å². The first-order valence-electron chi connectivity index (χ1n) is 16.6. The van der Waals surface area contributed by atoms with Gasteiger partial charge in [-0.1, -0.05) is 0 Å². The van der Waals surface area contributed by atoms with Crippen molar-refractivity contribution in [1.82, 2.24) is 0 Å². The average molecular weight is 767 g/mol. The van der Waals surface area contributed by atoms with Crippen molar-refractivity contribution in [2.24, 2.45) is 0 Å². The molecule has 0 spiro atoms. The van der Waals surface area contributed by atoms with Crippen LogP contribution in [0.4, 0.5) is 0 Å². The minimum absolute atomic E-state index is 0.00997. The van der Waals surface area contributed by atoms with E-state index in [0.29, 0.717) is 32.3 Å². The van der Waals surface area contributed by atoms with E-state index in [2.05, 4.69) is 65.5 Å². The molecule has 0 saturated carbocycles. The maximum absolute atomic E-state index is 10.4. The van der Waals surface area contributed by atoms with Gasteiger partial charge >= 0.3 is 25.7 Å². The molecule has 0 radical (unpaired) electrons. The Kier molecular flexibility index (Phi) is 19.9. The van der Waals surface area contributed by atoms with E-state index < -0.39 is 79.1 Å². The maximum atomic E-state index is 10.4. The monoisotopic (exact) mass is 766 g/mol. The van der Waals surface area contributed by atoms with E-state index in [0.717, 1.165) is 12.5 Å². The molecule has 0 aromatic rings. The number of hydrogen-bond acceptors (Lipinski definition) is 14. The molecule has 14 nitrogen and oxygen atoms in total. The third-order valence-electron chi connectivity index (χ3n) is 6.85. The summed E-state index contributed by atoms with van der Waals surface area (Å²) >= 11 is 0. The van der Waals surface area contributed by atoms with Crippen molar-refractivity contribution in [3.05, 3.63) is 0 Å². The molecular weight excluding hydrogens is 701 g/mol. The lowest BCUT2D eigenvalue weighted by molar-refractivity contribution is -0.296. The molecule has 1 saturated heterocycles. The lowest BCUT2D eigenvalue weighted by Gasteiger charge is -2.44. The van der Waals surface area contributed by atoms with E-state index in [-0.39, 0.29) is 26.4 Å². The Morgan fingerprint density at radius 1 is 0.638 bits per heavy atom. The number of rotatable bonds is 25. The van der Waals surface area contributed by atoms with Gasteiger partial charge in [0, 0.05) is 20.3 Å². The van der Waals surface area contributed by atoms with Crippen LogP contribution in [0.5, 0.6) is 0 Å². The molecule has 0 aliphatic carbocycles. The van der Waals surface area contributed by atoms with E-state index >= 15 is 0 Å². The fourth-order valence-corrected chi connectivity index (χ4v) is 29.3. The highest BCUT2D eigenvalue weighted by atomic mass is 28.5. The van der Waals surface area contributed by atoms with Crippen LogP contribution in [0.1, 0.15) is 12.8 Å². The maximum Gasteiger partial charge on any atom is 0.317 e. The second kappa shape index (κ2) is 20.5. The molecule has 1 fully saturated rings. The quantitative estimate of drug-likeness (QED) is 0.0673. The summed E-state index contributed by atoms with van der Waals surface area (Å²) < 4.78 is 54.6. The summed E-state index contributed by atoms with van der Waals surface area (Å²) in [5.74, 6) is 0. The van der Waals surface area contributed by atoms with Crippen LogP contribution >= 0.6 is 0 Å². The normalized spacial score (nSPS) is 26.2. The summed E-state index contributed by atoms with van der Waals surface area (Å²) in [6, 6.07) is 1.39. The molecular formula is C28H66O14Si5. The van der Waals surface area contributed by atoms with E-state index in [1.54, 1.807) is 0 Å². The molecule has 19 heteroatoms. The zero-order valence-corrected chi connectivity index (χ0v) is 35.7. The summed E-state index contributed by atoms with van der Waals surface area (Å²) in [7, 11) is -10.6. The molecule has 1 aliphatic heterocycles. The molecule has 5 N–H and O–H groups in total. The lowest BCUT2D eigenvalue weighted by atomic mass is 9.99. The zero-order chi connectivity index (χ0) is 36.1. The average Bonchev–Trinajstić information content (AvgIpc) is 2.89. The third-order valence-corrected chi connectivity index (χ3v) is 25.1. The number of ether oxygens (including phenoxy) is 5. The largest absolute Gasteiger partial charge is 0.437 e. The van der Waals surface area contributed by atoms with Crippen molar-refractivity contribution in [1.29, 1.82) is 0 Å². The van der Waals surface area contributed by atoms with Crippen molar-refractivity contribution >= 4 is 42.3 Å². The van der Waals surface area contributed by atoms with Crippen LogP contribution in [0.2, 0.25) is 77.6 Å². The molecule has 47 heavy (non-hydrogen) atoms. The molecule has 0 bridgehead atoms. The molecule has 1 heterocycles. The van der Waals surface area contributed by atoms with Crippen molar-refractivity contribution in [2.45, 2.75) is 127 Å². The predicted molar refractivity (Wildman–Crippen MR) is 190 cm³/mol. The van der Waals surface area contributed by atoms with Gasteiger partial charge in [0.25, 0.3) is 0 Å². The van der Waals surface area contributed by atoms with Crippen LogP contribution in [-0.4, -0.2) is 158 Å². The Hall–Kier alpha value is 0.524. The Morgan fingerprint density at radius 3 is 1.70 bits per heavy atom. The predicted octanol–water partition coefficient (Wildman–Crippen LogP) is 2.21. The third kappa shape index (κ3) is 19.1. The van der Waals surface area contributed by atoms with Gasteiger partial charge < -0.3 is 65.7 Å². The van der Waals surface area contributed by atoms with Crippen LogP contribution in [0.15, 0.2) is 0 Å². The van der Waals surface area contributed by atoms with E-state index in [4.69, 9.17) is 45.3 Å². The number of methoxy groups -OCH3 is 1. The molecule has 0 aromatic heterocycles. The highest BCUT2D eigenvalue weighted by molar-refractivity contribution is 6.90. The highest BCUT2D eigenvalue weighted by Crippen LogP contribution is 2.32. The van der Waals surface area contributed by atoms with Gasteiger partial charge in [-0.2, -0.15) is 0 Å². The Labute approximate surface area is 287 Å². The molecule has 282 valence electrons. The minimum Gasteiger partial charge on any atom is -0.437 e. The van der Waals surface area contributed by atoms with Crippen LogP contribution in [0.25, 0.3) is 0 Å². The van der Waals surface area contributed by atoms with Crippen LogP contribution in [0, 0.1) is 0 Å². The first-order chi connectivity index (χ1) is 21.5. The fraction of sp³-hybridized carbons (Fsp3) is 1.00. The first-order valence-corrected chi connectivity index (χ1v) is 31.3. The van der Waals surface area contributed by atoms with Gasteiger partial charge in [-0.3, -0.25) is 0 Å². The fourth-order valence-electron chi connectivity index (χ4n) is 5.62. The standard InChI is InChI=1S/C28H66O14Si5/c1-34-28-27(33)26(32)25(31)24(38-28)22-37-21-23(30)20-36-16-13-19-47(11,41-45(8,9)39-43(2,3)4)42-46(10,40-44(5,6)7)18-12-15-35-17-14-29/h23-33H,12-22H2,1-11H3. The highest BCUT2D eigenvalue weighted by Gasteiger charge is 2.49. The van der Waals surface area contributed by atoms with E-state index in [1.165, 1.54) is 7.11 Å². The molecule has 8 unspecified atom stereocenters. The van der Waals surface area contributed by atoms with Gasteiger partial charge in [0.1, 0.15) is 30.5 Å². The Bertz CT molecular complexity index is 864. The number of hydrogen-bond donors (Lipinski definition) is 5. The number of aliphatic hydroxyl groups is 5. The molecule has 8 atom stereocenters. The van der Waals surface area contributed by atoms with Gasteiger partial charge in [-0.05, 0) is 90.4 Å². The SMILES string of the molecule is COC1OC(COCC(O)COCCC[Si](C)(O[Si](C)(C)O[Si](C)(C)C)O[Si](C)(CCCOCCO)O[Si](C)(C)C)C(O)C(O)C1O. The van der Waals surface area contributed by atoms with Gasteiger partial charge in [-0.25, -0.2) is 0 Å². The molecule has 1 rings (SSSR count). The van der Waals surface area contributed by atoms with E-state index in [1.807, 2.05) is 0 Å². The van der Waals surface area contributed by atoms with Crippen LogP contribution in [0.3, 0.4) is 0 Å². The Morgan fingerprint density at radius 2 is 1.17 bits per heavy atom. The summed E-state index contributed by atoms with van der Waals surface area (Å²) in [6.07, 6.45) is -5.74. The van der Waals surface area contributed by atoms with Crippen LogP contribution < -0.4 is 0 Å². The lowest BCUT2D eigenvalue weighted by Crippen LogP contribution is -2.60. The second-order valence-corrected chi connectivity index (χ2v) is 34.9. The second-order valence-electron chi connectivity index (χ2n) is 14.9. The van der Waals surface area contributed by atoms with Gasteiger partial charge in [-0.15, -0.1) is 0 Å². The van der Waals surface area contributed by atoms with Crippen molar-refractivity contribution < 1.29 is 65.7 Å². The van der Waals surface area contributed by atoms with Crippen molar-refractivity contribution in [3.8, 4) is 0 Å². The first kappa shape index (κ1) is 45.5. The molecule has 0 amide bonds. The van der Waals surface area contributed by atoms with Gasteiger partial charge in [0.15, 0.2) is 22.9 Å². The summed E-state index contributed by atoms with van der Waals surface area (Å²) in [5.41, 5.74) is 0. The summed E-state index contributed by atoms with van der Waals surface area (Å²) in [4.78, 5) is 0. The number of aliphatic hydroxyl groups excluding tert-OH is 5. The Balaban J connectivity index is 2.79. The minimum atomic E-state index is -2.85. The van der Waals surface area contributed by atoms with Crippen molar-refractivity contribution in [2.75, 3.05) is 53.4 Å². The molecule has 0 aromatic carbocycles. The topological polar surface area (TPSA) is 184 Å². The summed E-state index contributed by atoms with van der Waals surface area (Å²) in [6.45, 7) is 22.3. The van der Waals surface area contributed by atoms with Gasteiger partial charge in [0.2, 0.25) is 0 Å². The van der Waals surface area contributed by atoms with Crippen molar-refractivity contribution in [3.63, 3.8) is 0 Å².